The van der Waals surface area contributed by atoms with Gasteiger partial charge in [0.15, 0.2) is 0 Å². The van der Waals surface area contributed by atoms with Gasteiger partial charge in [-0.2, -0.15) is 0 Å². The van der Waals surface area contributed by atoms with Crippen molar-refractivity contribution in [3.05, 3.63) is 58.9 Å². The number of hydrogen-bond donors (Lipinski definition) is 2. The van der Waals surface area contributed by atoms with Crippen LogP contribution in [0.4, 0.5) is 10.1 Å². The summed E-state index contributed by atoms with van der Waals surface area (Å²) in [6.45, 7) is 3.58. The molecule has 0 bridgehead atoms. The molecule has 2 rings (SSSR count). The molecule has 0 aromatic heterocycles. The summed E-state index contributed by atoms with van der Waals surface area (Å²) in [4.78, 5) is -0.0356. The molecule has 0 saturated heterocycles. The Hall–Kier alpha value is -1.92. The molecular weight excluding hydrogens is 291 g/mol. The third kappa shape index (κ3) is 3.59. The Bertz CT molecular complexity index is 750. The molecule has 0 aliphatic carbocycles. The number of rotatable bonds is 4. The molecule has 0 aliphatic heterocycles. The SMILES string of the molecule is Cc1cccc(CNS(=O)(=O)c2cc(C)c(F)c(N)c2)c1. The molecule has 0 heterocycles. The first kappa shape index (κ1) is 15.5. The highest BCUT2D eigenvalue weighted by atomic mass is 32.2. The molecule has 0 atom stereocenters. The van der Waals surface area contributed by atoms with E-state index in [0.717, 1.165) is 17.2 Å². The van der Waals surface area contributed by atoms with E-state index >= 15 is 0 Å². The summed E-state index contributed by atoms with van der Waals surface area (Å²) in [5.41, 5.74) is 7.40. The minimum Gasteiger partial charge on any atom is -0.396 e. The largest absolute Gasteiger partial charge is 0.396 e. The highest BCUT2D eigenvalue weighted by molar-refractivity contribution is 7.89. The number of halogens is 1. The summed E-state index contributed by atoms with van der Waals surface area (Å²) in [5, 5.41) is 0. The van der Waals surface area contributed by atoms with Crippen molar-refractivity contribution in [1.82, 2.24) is 4.72 Å². The lowest BCUT2D eigenvalue weighted by Gasteiger charge is -2.10. The number of nitrogen functional groups attached to an aromatic ring is 1. The lowest BCUT2D eigenvalue weighted by atomic mass is 10.1. The standard InChI is InChI=1S/C15H17FN2O2S/c1-10-4-3-5-12(6-10)9-18-21(19,20)13-7-11(2)15(16)14(17)8-13/h3-8,18H,9,17H2,1-2H3. The van der Waals surface area contributed by atoms with Crippen molar-refractivity contribution in [2.45, 2.75) is 25.3 Å². The molecule has 0 spiro atoms. The minimum absolute atomic E-state index is 0.0356. The molecule has 0 amide bonds. The van der Waals surface area contributed by atoms with E-state index in [4.69, 9.17) is 5.73 Å². The summed E-state index contributed by atoms with van der Waals surface area (Å²) in [5.74, 6) is -0.590. The smallest absolute Gasteiger partial charge is 0.240 e. The van der Waals surface area contributed by atoms with Crippen molar-refractivity contribution < 1.29 is 12.8 Å². The Morgan fingerprint density at radius 3 is 2.52 bits per heavy atom. The molecule has 0 fully saturated rings. The van der Waals surface area contributed by atoms with Crippen LogP contribution >= 0.6 is 0 Å². The van der Waals surface area contributed by atoms with Crippen LogP contribution in [0.3, 0.4) is 0 Å². The second-order valence-electron chi connectivity index (χ2n) is 4.96. The zero-order valence-corrected chi connectivity index (χ0v) is 12.7. The van der Waals surface area contributed by atoms with Crippen LogP contribution in [-0.2, 0) is 16.6 Å². The highest BCUT2D eigenvalue weighted by Crippen LogP contribution is 2.21. The van der Waals surface area contributed by atoms with Gasteiger partial charge in [0.25, 0.3) is 0 Å². The van der Waals surface area contributed by atoms with Gasteiger partial charge in [-0.3, -0.25) is 0 Å². The Morgan fingerprint density at radius 2 is 1.90 bits per heavy atom. The van der Waals surface area contributed by atoms with Gasteiger partial charge in [0.1, 0.15) is 5.82 Å². The maximum Gasteiger partial charge on any atom is 0.240 e. The van der Waals surface area contributed by atoms with Gasteiger partial charge in [0.05, 0.1) is 10.6 Å². The summed E-state index contributed by atoms with van der Waals surface area (Å²) in [6, 6.07) is 9.92. The van der Waals surface area contributed by atoms with Crippen molar-refractivity contribution in [2.75, 3.05) is 5.73 Å². The van der Waals surface area contributed by atoms with Gasteiger partial charge >= 0.3 is 0 Å². The van der Waals surface area contributed by atoms with Crippen LogP contribution in [-0.4, -0.2) is 8.42 Å². The van der Waals surface area contributed by atoms with Crippen LogP contribution in [0.25, 0.3) is 0 Å². The van der Waals surface area contributed by atoms with Gasteiger partial charge in [-0.1, -0.05) is 29.8 Å². The van der Waals surface area contributed by atoms with Crippen LogP contribution < -0.4 is 10.5 Å². The van der Waals surface area contributed by atoms with Gasteiger partial charge < -0.3 is 5.73 Å². The Kier molecular flexibility index (Phi) is 4.29. The lowest BCUT2D eigenvalue weighted by Crippen LogP contribution is -2.23. The Morgan fingerprint density at radius 1 is 1.19 bits per heavy atom. The average molecular weight is 308 g/mol. The monoisotopic (exact) mass is 308 g/mol. The van der Waals surface area contributed by atoms with E-state index < -0.39 is 15.8 Å². The van der Waals surface area contributed by atoms with E-state index in [-0.39, 0.29) is 22.7 Å². The van der Waals surface area contributed by atoms with E-state index in [1.54, 1.807) is 0 Å². The van der Waals surface area contributed by atoms with Gasteiger partial charge in [-0.05, 0) is 37.1 Å². The molecule has 6 heteroatoms. The number of anilines is 1. The van der Waals surface area contributed by atoms with Gasteiger partial charge in [0.2, 0.25) is 10.0 Å². The molecule has 0 unspecified atom stereocenters. The topological polar surface area (TPSA) is 72.2 Å². The van der Waals surface area contributed by atoms with E-state index in [2.05, 4.69) is 4.72 Å². The summed E-state index contributed by atoms with van der Waals surface area (Å²) in [7, 11) is -3.73. The Labute approximate surface area is 123 Å². The van der Waals surface area contributed by atoms with Gasteiger partial charge in [-0.25, -0.2) is 17.5 Å². The molecule has 2 aromatic rings. The molecule has 0 aliphatic rings. The summed E-state index contributed by atoms with van der Waals surface area (Å²) in [6.07, 6.45) is 0. The number of nitrogens with two attached hydrogens (primary N) is 1. The first-order chi connectivity index (χ1) is 9.79. The molecule has 3 N–H and O–H groups in total. The third-order valence-electron chi connectivity index (χ3n) is 3.12. The number of benzene rings is 2. The van der Waals surface area contributed by atoms with E-state index in [1.165, 1.54) is 13.0 Å². The molecule has 2 aromatic carbocycles. The lowest BCUT2D eigenvalue weighted by molar-refractivity contribution is 0.580. The number of nitrogens with one attached hydrogen (secondary N) is 1. The molecular formula is C15H17FN2O2S. The fraction of sp³-hybridized carbons (Fsp3) is 0.200. The molecule has 0 radical (unpaired) electrons. The number of aryl methyl sites for hydroxylation is 2. The van der Waals surface area contributed by atoms with Gasteiger partial charge in [0, 0.05) is 6.54 Å². The quantitative estimate of drug-likeness (QED) is 0.852. The van der Waals surface area contributed by atoms with E-state index in [0.29, 0.717) is 0 Å². The first-order valence-corrected chi connectivity index (χ1v) is 7.89. The summed E-state index contributed by atoms with van der Waals surface area (Å²) >= 11 is 0. The van der Waals surface area contributed by atoms with Crippen LogP contribution in [0.2, 0.25) is 0 Å². The van der Waals surface area contributed by atoms with Crippen LogP contribution in [0, 0.1) is 19.7 Å². The zero-order valence-electron chi connectivity index (χ0n) is 11.9. The number of sulfonamides is 1. The van der Waals surface area contributed by atoms with E-state index in [1.807, 2.05) is 31.2 Å². The van der Waals surface area contributed by atoms with Crippen LogP contribution in [0.1, 0.15) is 16.7 Å². The second kappa shape index (κ2) is 5.83. The molecule has 4 nitrogen and oxygen atoms in total. The van der Waals surface area contributed by atoms with Crippen LogP contribution in [0.15, 0.2) is 41.3 Å². The number of hydrogen-bond acceptors (Lipinski definition) is 3. The highest BCUT2D eigenvalue weighted by Gasteiger charge is 2.17. The Balaban J connectivity index is 2.23. The summed E-state index contributed by atoms with van der Waals surface area (Å²) < 4.78 is 40.4. The molecule has 21 heavy (non-hydrogen) atoms. The predicted molar refractivity (Wildman–Crippen MR) is 80.8 cm³/mol. The van der Waals surface area contributed by atoms with Crippen molar-refractivity contribution in [3.63, 3.8) is 0 Å². The maximum atomic E-state index is 13.5. The first-order valence-electron chi connectivity index (χ1n) is 6.40. The fourth-order valence-corrected chi connectivity index (χ4v) is 3.14. The van der Waals surface area contributed by atoms with Crippen molar-refractivity contribution in [2.24, 2.45) is 0 Å². The maximum absolute atomic E-state index is 13.5. The minimum atomic E-state index is -3.73. The normalized spacial score (nSPS) is 11.6. The predicted octanol–water partition coefficient (Wildman–Crippen LogP) is 2.50. The second-order valence-corrected chi connectivity index (χ2v) is 6.72. The fourth-order valence-electron chi connectivity index (χ4n) is 2.00. The zero-order chi connectivity index (χ0) is 15.6. The third-order valence-corrected chi connectivity index (χ3v) is 4.50. The van der Waals surface area contributed by atoms with E-state index in [9.17, 15) is 12.8 Å². The van der Waals surface area contributed by atoms with Crippen molar-refractivity contribution in [1.29, 1.82) is 0 Å². The molecule has 112 valence electrons. The van der Waals surface area contributed by atoms with Crippen LogP contribution in [0.5, 0.6) is 0 Å². The average Bonchev–Trinajstić information content (AvgIpc) is 2.42. The van der Waals surface area contributed by atoms with Gasteiger partial charge in [-0.15, -0.1) is 0 Å². The van der Waals surface area contributed by atoms with Crippen molar-refractivity contribution in [3.8, 4) is 0 Å². The molecule has 0 saturated carbocycles. The van der Waals surface area contributed by atoms with Crippen molar-refractivity contribution >= 4 is 15.7 Å².